The van der Waals surface area contributed by atoms with E-state index in [0.29, 0.717) is 35.6 Å². The highest BCUT2D eigenvalue weighted by atomic mass is 35.5. The maximum absolute atomic E-state index is 11.9. The van der Waals surface area contributed by atoms with Crippen molar-refractivity contribution in [2.45, 2.75) is 39.8 Å². The zero-order chi connectivity index (χ0) is 19.2. The Bertz CT molecular complexity index is 730. The number of nitrogens with zero attached hydrogens (tertiary/aromatic N) is 3. The van der Waals surface area contributed by atoms with Crippen molar-refractivity contribution in [3.63, 3.8) is 0 Å². The number of halogens is 1. The molecule has 26 heavy (non-hydrogen) atoms. The molecule has 0 atom stereocenters. The van der Waals surface area contributed by atoms with E-state index in [0.717, 1.165) is 5.56 Å². The van der Waals surface area contributed by atoms with Crippen LogP contribution in [0.15, 0.2) is 12.1 Å². The second kappa shape index (κ2) is 8.70. The molecule has 1 aromatic carbocycles. The van der Waals surface area contributed by atoms with Gasteiger partial charge in [-0.1, -0.05) is 16.7 Å². The Kier molecular flexibility index (Phi) is 6.62. The molecule has 0 saturated heterocycles. The van der Waals surface area contributed by atoms with Gasteiger partial charge in [0.05, 0.1) is 6.61 Å². The van der Waals surface area contributed by atoms with E-state index in [-0.39, 0.29) is 18.1 Å². The molecule has 0 bridgehead atoms. The first kappa shape index (κ1) is 19.8. The number of carbonyl (C=O) groups excluding carboxylic acids is 1. The number of H-pyrrole nitrogens is 1. The molecule has 0 radical (unpaired) electrons. The fraction of sp³-hybridized carbons (Fsp3) is 0.500. The van der Waals surface area contributed by atoms with Crippen molar-refractivity contribution in [3.8, 4) is 11.5 Å². The monoisotopic (exact) mass is 382 g/mol. The minimum absolute atomic E-state index is 0.131. The van der Waals surface area contributed by atoms with Gasteiger partial charge in [-0.3, -0.25) is 4.79 Å². The molecule has 0 unspecified atom stereocenters. The third kappa shape index (κ3) is 6.07. The maximum Gasteiger partial charge on any atom is 0.263 e. The third-order valence-corrected chi connectivity index (χ3v) is 3.42. The number of anilines is 1. The van der Waals surface area contributed by atoms with Crippen LogP contribution in [0.3, 0.4) is 0 Å². The van der Waals surface area contributed by atoms with E-state index in [4.69, 9.17) is 21.1 Å². The van der Waals surface area contributed by atoms with E-state index in [2.05, 4.69) is 31.3 Å². The Balaban J connectivity index is 2.08. The number of carbonyl (C=O) groups is 1. The Morgan fingerprint density at radius 2 is 2.00 bits per heavy atom. The lowest BCUT2D eigenvalue weighted by Crippen LogP contribution is -2.43. The fourth-order valence-electron chi connectivity index (χ4n) is 2.10. The number of rotatable bonds is 8. The van der Waals surface area contributed by atoms with Crippen molar-refractivity contribution >= 4 is 23.5 Å². The zero-order valence-corrected chi connectivity index (χ0v) is 16.0. The van der Waals surface area contributed by atoms with Crippen molar-refractivity contribution < 1.29 is 14.3 Å². The first-order valence-electron chi connectivity index (χ1n) is 8.15. The molecule has 0 saturated carbocycles. The zero-order valence-electron chi connectivity index (χ0n) is 15.2. The predicted octanol–water partition coefficient (Wildman–Crippen LogP) is 2.16. The summed E-state index contributed by atoms with van der Waals surface area (Å²) in [6.45, 7) is 8.26. The first-order chi connectivity index (χ1) is 12.3. The van der Waals surface area contributed by atoms with E-state index in [9.17, 15) is 4.79 Å². The summed E-state index contributed by atoms with van der Waals surface area (Å²) in [5.41, 5.74) is 0.442. The number of amides is 1. The van der Waals surface area contributed by atoms with Crippen molar-refractivity contribution in [2.24, 2.45) is 0 Å². The van der Waals surface area contributed by atoms with Crippen LogP contribution in [0.4, 0.5) is 5.95 Å². The molecule has 0 aliphatic rings. The smallest absolute Gasteiger partial charge is 0.263 e. The van der Waals surface area contributed by atoms with Crippen LogP contribution in [0.25, 0.3) is 0 Å². The molecule has 0 aliphatic heterocycles. The normalized spacial score (nSPS) is 11.1. The average molecular weight is 383 g/mol. The largest absolute Gasteiger partial charge is 0.490 e. The summed E-state index contributed by atoms with van der Waals surface area (Å²) in [4.78, 5) is 11.9. The maximum atomic E-state index is 11.9. The van der Waals surface area contributed by atoms with Gasteiger partial charge in [-0.25, -0.2) is 0 Å². The molecule has 0 aliphatic carbocycles. The highest BCUT2D eigenvalue weighted by Gasteiger charge is 2.16. The van der Waals surface area contributed by atoms with E-state index in [1.165, 1.54) is 0 Å². The predicted molar refractivity (Wildman–Crippen MR) is 97.5 cm³/mol. The second-order valence-corrected chi connectivity index (χ2v) is 6.91. The van der Waals surface area contributed by atoms with Gasteiger partial charge in [-0.2, -0.15) is 5.21 Å². The minimum atomic E-state index is -0.328. The number of benzene rings is 1. The van der Waals surface area contributed by atoms with Gasteiger partial charge in [-0.05, 0) is 44.5 Å². The van der Waals surface area contributed by atoms with Crippen LogP contribution in [0.5, 0.6) is 11.5 Å². The van der Waals surface area contributed by atoms with Crippen molar-refractivity contribution in [1.29, 1.82) is 0 Å². The van der Waals surface area contributed by atoms with Crippen molar-refractivity contribution in [2.75, 3.05) is 18.5 Å². The van der Waals surface area contributed by atoms with Crippen molar-refractivity contribution in [1.82, 2.24) is 25.9 Å². The number of aromatic nitrogens is 4. The molecule has 3 N–H and O–H groups in total. The lowest BCUT2D eigenvalue weighted by Gasteiger charge is -2.21. The molecule has 0 fully saturated rings. The summed E-state index contributed by atoms with van der Waals surface area (Å²) in [5.74, 6) is 1.05. The first-order valence-corrected chi connectivity index (χ1v) is 8.52. The number of hydrogen-bond donors (Lipinski definition) is 3. The van der Waals surface area contributed by atoms with Crippen LogP contribution in [0.1, 0.15) is 33.3 Å². The van der Waals surface area contributed by atoms with Gasteiger partial charge in [-0.15, -0.1) is 5.10 Å². The molecule has 0 spiro atoms. The minimum Gasteiger partial charge on any atom is -0.490 e. The lowest BCUT2D eigenvalue weighted by atomic mass is 10.1. The van der Waals surface area contributed by atoms with Crippen LogP contribution in [0, 0.1) is 0 Å². The lowest BCUT2D eigenvalue weighted by molar-refractivity contribution is -0.124. The summed E-state index contributed by atoms with van der Waals surface area (Å²) < 4.78 is 11.2. The topological polar surface area (TPSA) is 114 Å². The number of nitrogens with one attached hydrogen (secondary N) is 3. The molecule has 9 nitrogen and oxygen atoms in total. The molecule has 1 amide bonds. The molecular formula is C16H23ClN6O3. The summed E-state index contributed by atoms with van der Waals surface area (Å²) in [6, 6.07) is 3.39. The van der Waals surface area contributed by atoms with Crippen molar-refractivity contribution in [3.05, 3.63) is 22.7 Å². The number of hydrogen-bond acceptors (Lipinski definition) is 7. The summed E-state index contributed by atoms with van der Waals surface area (Å²) in [5, 5.41) is 19.7. The molecule has 2 aromatic rings. The highest BCUT2D eigenvalue weighted by molar-refractivity contribution is 6.31. The summed E-state index contributed by atoms with van der Waals surface area (Å²) >= 11 is 6.32. The summed E-state index contributed by atoms with van der Waals surface area (Å²) in [7, 11) is 0. The Morgan fingerprint density at radius 1 is 1.27 bits per heavy atom. The third-order valence-electron chi connectivity index (χ3n) is 3.07. The number of ether oxygens (including phenoxy) is 2. The van der Waals surface area contributed by atoms with Gasteiger partial charge in [0.1, 0.15) is 0 Å². The molecular weight excluding hydrogens is 360 g/mol. The molecule has 2 rings (SSSR count). The Morgan fingerprint density at radius 3 is 2.62 bits per heavy atom. The van der Waals surface area contributed by atoms with Crippen LogP contribution in [-0.2, 0) is 11.3 Å². The Labute approximate surface area is 156 Å². The summed E-state index contributed by atoms with van der Waals surface area (Å²) in [6.07, 6.45) is 0. The van der Waals surface area contributed by atoms with Crippen LogP contribution in [-0.4, -0.2) is 45.3 Å². The van der Waals surface area contributed by atoms with Gasteiger partial charge in [0.2, 0.25) is 0 Å². The second-order valence-electron chi connectivity index (χ2n) is 6.50. The molecule has 1 aromatic heterocycles. The molecule has 1 heterocycles. The SMILES string of the molecule is CCOc1cc(CNc2nn[nH]n2)c(Cl)cc1OCC(=O)NC(C)(C)C. The van der Waals surface area contributed by atoms with Gasteiger partial charge in [0, 0.05) is 23.2 Å². The van der Waals surface area contributed by atoms with Gasteiger partial charge < -0.3 is 20.1 Å². The van der Waals surface area contributed by atoms with Crippen LogP contribution in [0.2, 0.25) is 5.02 Å². The number of aromatic amines is 1. The fourth-order valence-corrected chi connectivity index (χ4v) is 2.32. The van der Waals surface area contributed by atoms with Gasteiger partial charge in [0.25, 0.3) is 11.9 Å². The van der Waals surface area contributed by atoms with E-state index >= 15 is 0 Å². The molecule has 10 heteroatoms. The van der Waals surface area contributed by atoms with E-state index in [1.54, 1.807) is 12.1 Å². The van der Waals surface area contributed by atoms with Gasteiger partial charge in [0.15, 0.2) is 18.1 Å². The molecule has 142 valence electrons. The van der Waals surface area contributed by atoms with E-state index in [1.807, 2.05) is 27.7 Å². The van der Waals surface area contributed by atoms with E-state index < -0.39 is 0 Å². The standard InChI is InChI=1S/C16H23ClN6O3/c1-5-25-12-6-10(8-18-15-20-22-23-21-15)11(17)7-13(12)26-9-14(24)19-16(2,3)4/h6-7H,5,8-9H2,1-4H3,(H,19,24)(H2,18,20,21,22,23). The highest BCUT2D eigenvalue weighted by Crippen LogP contribution is 2.34. The van der Waals surface area contributed by atoms with Crippen LogP contribution < -0.4 is 20.1 Å². The quantitative estimate of drug-likeness (QED) is 0.640. The van der Waals surface area contributed by atoms with Crippen LogP contribution >= 0.6 is 11.6 Å². The number of tetrazole rings is 1. The van der Waals surface area contributed by atoms with Gasteiger partial charge >= 0.3 is 0 Å². The average Bonchev–Trinajstić information content (AvgIpc) is 3.05. The Hall–Kier alpha value is -2.55.